The molecule has 0 bridgehead atoms. The molecular formula is C12H17NO5S. The van der Waals surface area contributed by atoms with Gasteiger partial charge >= 0.3 is 5.97 Å². The van der Waals surface area contributed by atoms with Crippen LogP contribution in [-0.2, 0) is 24.3 Å². The minimum Gasteiger partial charge on any atom is -0.468 e. The highest BCUT2D eigenvalue weighted by molar-refractivity contribution is 7.89. The number of carbonyl (C=O) groups excluding carboxylic acids is 1. The summed E-state index contributed by atoms with van der Waals surface area (Å²) in [6.45, 7) is 0.0536. The zero-order valence-corrected chi connectivity index (χ0v) is 11.6. The summed E-state index contributed by atoms with van der Waals surface area (Å²) in [5.74, 6) is -0.878. The molecule has 0 radical (unpaired) electrons. The molecule has 1 atom stereocenters. The van der Waals surface area contributed by atoms with Gasteiger partial charge in [0, 0.05) is 7.11 Å². The second-order valence-electron chi connectivity index (χ2n) is 3.80. The second kappa shape index (κ2) is 7.22. The van der Waals surface area contributed by atoms with Crippen LogP contribution >= 0.6 is 0 Å². The van der Waals surface area contributed by atoms with Gasteiger partial charge in [0.15, 0.2) is 0 Å². The van der Waals surface area contributed by atoms with Crippen molar-refractivity contribution in [2.45, 2.75) is 6.04 Å². The lowest BCUT2D eigenvalue weighted by molar-refractivity contribution is -0.142. The third kappa shape index (κ3) is 4.98. The average molecular weight is 287 g/mol. The van der Waals surface area contributed by atoms with E-state index in [0.717, 1.165) is 0 Å². The molecule has 19 heavy (non-hydrogen) atoms. The molecule has 0 aliphatic rings. The number of sulfonamides is 1. The molecule has 0 aliphatic heterocycles. The fourth-order valence-electron chi connectivity index (χ4n) is 1.45. The lowest BCUT2D eigenvalue weighted by Gasteiger charge is -2.16. The van der Waals surface area contributed by atoms with Crippen molar-refractivity contribution in [3.05, 3.63) is 35.9 Å². The summed E-state index contributed by atoms with van der Waals surface area (Å²) in [6.07, 6.45) is 0. The molecule has 1 aromatic rings. The van der Waals surface area contributed by atoms with E-state index >= 15 is 0 Å². The van der Waals surface area contributed by atoms with Crippen molar-refractivity contribution in [1.82, 2.24) is 4.72 Å². The number of hydrogen-bond acceptors (Lipinski definition) is 5. The third-order valence-electron chi connectivity index (χ3n) is 2.42. The van der Waals surface area contributed by atoms with Crippen molar-refractivity contribution in [2.24, 2.45) is 0 Å². The minimum absolute atomic E-state index is 0.0536. The van der Waals surface area contributed by atoms with Gasteiger partial charge in [0.05, 0.1) is 19.5 Å². The van der Waals surface area contributed by atoms with Crippen molar-refractivity contribution in [2.75, 3.05) is 26.6 Å². The van der Waals surface area contributed by atoms with Gasteiger partial charge < -0.3 is 9.47 Å². The first-order valence-corrected chi connectivity index (χ1v) is 7.27. The van der Waals surface area contributed by atoms with Crippen LogP contribution in [0.2, 0.25) is 0 Å². The zero-order chi connectivity index (χ0) is 14.3. The van der Waals surface area contributed by atoms with Gasteiger partial charge in [-0.05, 0) is 5.56 Å². The Morgan fingerprint density at radius 1 is 1.26 bits per heavy atom. The Balaban J connectivity index is 2.91. The van der Waals surface area contributed by atoms with E-state index in [0.29, 0.717) is 5.56 Å². The molecule has 7 heteroatoms. The number of carbonyl (C=O) groups is 1. The van der Waals surface area contributed by atoms with Gasteiger partial charge in [-0.3, -0.25) is 0 Å². The second-order valence-corrected chi connectivity index (χ2v) is 5.67. The van der Waals surface area contributed by atoms with Crippen molar-refractivity contribution in [3.63, 3.8) is 0 Å². The van der Waals surface area contributed by atoms with Gasteiger partial charge in [0.1, 0.15) is 6.04 Å². The number of benzene rings is 1. The molecule has 0 heterocycles. The van der Waals surface area contributed by atoms with Crippen LogP contribution in [0.5, 0.6) is 0 Å². The summed E-state index contributed by atoms with van der Waals surface area (Å²) in [5.41, 5.74) is 0.523. The largest absolute Gasteiger partial charge is 0.468 e. The fraction of sp³-hybridized carbons (Fsp3) is 0.417. The van der Waals surface area contributed by atoms with Gasteiger partial charge in [-0.2, -0.15) is 4.72 Å². The van der Waals surface area contributed by atoms with E-state index in [1.165, 1.54) is 14.2 Å². The number of ether oxygens (including phenoxy) is 2. The Morgan fingerprint density at radius 3 is 2.42 bits per heavy atom. The monoisotopic (exact) mass is 287 g/mol. The smallest absolute Gasteiger partial charge is 0.328 e. The summed E-state index contributed by atoms with van der Waals surface area (Å²) < 4.78 is 35.2. The summed E-state index contributed by atoms with van der Waals surface area (Å²) in [5, 5.41) is 0. The van der Waals surface area contributed by atoms with Crippen LogP contribution in [0.25, 0.3) is 0 Å². The molecule has 1 N–H and O–H groups in total. The number of nitrogens with one attached hydrogen (secondary N) is 1. The van der Waals surface area contributed by atoms with Gasteiger partial charge in [-0.1, -0.05) is 30.3 Å². The predicted molar refractivity (Wildman–Crippen MR) is 70.0 cm³/mol. The van der Waals surface area contributed by atoms with E-state index < -0.39 is 22.0 Å². The maximum absolute atomic E-state index is 11.8. The number of esters is 1. The van der Waals surface area contributed by atoms with E-state index in [-0.39, 0.29) is 12.4 Å². The van der Waals surface area contributed by atoms with E-state index in [9.17, 15) is 13.2 Å². The molecule has 6 nitrogen and oxygen atoms in total. The van der Waals surface area contributed by atoms with Crippen LogP contribution in [0.3, 0.4) is 0 Å². The van der Waals surface area contributed by atoms with Gasteiger partial charge in [0.2, 0.25) is 10.0 Å². The van der Waals surface area contributed by atoms with Crippen molar-refractivity contribution < 1.29 is 22.7 Å². The topological polar surface area (TPSA) is 81.7 Å². The first-order valence-electron chi connectivity index (χ1n) is 5.62. The maximum atomic E-state index is 11.8. The van der Waals surface area contributed by atoms with E-state index in [1.54, 1.807) is 30.3 Å². The molecule has 0 saturated heterocycles. The number of rotatable bonds is 7. The molecule has 0 saturated carbocycles. The van der Waals surface area contributed by atoms with E-state index in [1.807, 2.05) is 0 Å². The number of methoxy groups -OCH3 is 2. The predicted octanol–water partition coefficient (Wildman–Crippen LogP) is 0.467. The van der Waals surface area contributed by atoms with Crippen LogP contribution in [0.1, 0.15) is 11.6 Å². The fourth-order valence-corrected chi connectivity index (χ4v) is 2.54. The van der Waals surface area contributed by atoms with Crippen molar-refractivity contribution in [3.8, 4) is 0 Å². The zero-order valence-electron chi connectivity index (χ0n) is 10.8. The summed E-state index contributed by atoms with van der Waals surface area (Å²) in [7, 11) is -1.00. The quantitative estimate of drug-likeness (QED) is 0.737. The molecule has 0 amide bonds. The molecule has 1 aromatic carbocycles. The molecule has 0 fully saturated rings. The van der Waals surface area contributed by atoms with Crippen LogP contribution in [0, 0.1) is 0 Å². The first kappa shape index (κ1) is 15.6. The van der Waals surface area contributed by atoms with Crippen LogP contribution in [-0.4, -0.2) is 41.0 Å². The first-order chi connectivity index (χ1) is 9.00. The van der Waals surface area contributed by atoms with Crippen molar-refractivity contribution in [1.29, 1.82) is 0 Å². The SMILES string of the molecule is COCCS(=O)(=O)N[C@@H](C(=O)OC)c1ccccc1. The van der Waals surface area contributed by atoms with Gasteiger partial charge in [-0.15, -0.1) is 0 Å². The van der Waals surface area contributed by atoms with Crippen molar-refractivity contribution >= 4 is 16.0 Å². The molecular weight excluding hydrogens is 270 g/mol. The average Bonchev–Trinajstić information content (AvgIpc) is 2.43. The van der Waals surface area contributed by atoms with Gasteiger partial charge in [-0.25, -0.2) is 13.2 Å². The molecule has 1 rings (SSSR count). The molecule has 0 spiro atoms. The van der Waals surface area contributed by atoms with E-state index in [4.69, 9.17) is 4.74 Å². The van der Waals surface area contributed by atoms with E-state index in [2.05, 4.69) is 9.46 Å². The third-order valence-corrected chi connectivity index (χ3v) is 3.72. The minimum atomic E-state index is -3.62. The highest BCUT2D eigenvalue weighted by Gasteiger charge is 2.26. The van der Waals surface area contributed by atoms with Crippen LogP contribution in [0.4, 0.5) is 0 Å². The Hall–Kier alpha value is -1.44. The molecule has 106 valence electrons. The normalized spacial score (nSPS) is 12.9. The Kier molecular flexibility index (Phi) is 5.94. The Morgan fingerprint density at radius 2 is 1.89 bits per heavy atom. The number of hydrogen-bond donors (Lipinski definition) is 1. The van der Waals surface area contributed by atoms with Gasteiger partial charge in [0.25, 0.3) is 0 Å². The molecule has 0 unspecified atom stereocenters. The summed E-state index contributed by atoms with van der Waals surface area (Å²) in [6, 6.07) is 7.47. The molecule has 0 aromatic heterocycles. The lowest BCUT2D eigenvalue weighted by Crippen LogP contribution is -2.36. The Bertz CT molecular complexity index is 500. The summed E-state index contributed by atoms with van der Waals surface area (Å²) in [4.78, 5) is 11.7. The Labute approximate surface area is 112 Å². The lowest BCUT2D eigenvalue weighted by atomic mass is 10.1. The standard InChI is InChI=1S/C12H17NO5S/c1-17-8-9-19(15,16)13-11(12(14)18-2)10-6-4-3-5-7-10/h3-7,11,13H,8-9H2,1-2H3/t11-/m1/s1. The summed E-state index contributed by atoms with van der Waals surface area (Å²) >= 11 is 0. The van der Waals surface area contributed by atoms with Crippen LogP contribution < -0.4 is 4.72 Å². The highest BCUT2D eigenvalue weighted by Crippen LogP contribution is 2.15. The highest BCUT2D eigenvalue weighted by atomic mass is 32.2. The maximum Gasteiger partial charge on any atom is 0.328 e. The molecule has 0 aliphatic carbocycles. The van der Waals surface area contributed by atoms with Crippen LogP contribution in [0.15, 0.2) is 30.3 Å².